The Morgan fingerprint density at radius 2 is 1.85 bits per heavy atom. The zero-order valence-corrected chi connectivity index (χ0v) is 14.3. The molecule has 0 bridgehead atoms. The average molecular weight is 350 g/mol. The SMILES string of the molecule is Cc1ccc(NC(=O)[C@@H]2CCC(=O)N2C2OC(=O)c3ccccc32)cc1. The van der Waals surface area contributed by atoms with Gasteiger partial charge >= 0.3 is 5.97 Å². The molecule has 1 fully saturated rings. The van der Waals surface area contributed by atoms with Gasteiger partial charge in [-0.2, -0.15) is 0 Å². The lowest BCUT2D eigenvalue weighted by Gasteiger charge is -2.29. The maximum atomic E-state index is 12.8. The minimum atomic E-state index is -0.845. The summed E-state index contributed by atoms with van der Waals surface area (Å²) in [5.41, 5.74) is 2.83. The molecule has 4 rings (SSSR count). The fourth-order valence-corrected chi connectivity index (χ4v) is 3.45. The van der Waals surface area contributed by atoms with Crippen molar-refractivity contribution < 1.29 is 19.1 Å². The Kier molecular flexibility index (Phi) is 3.95. The van der Waals surface area contributed by atoms with Gasteiger partial charge in [-0.3, -0.25) is 14.5 Å². The molecule has 6 heteroatoms. The zero-order valence-electron chi connectivity index (χ0n) is 14.3. The molecule has 0 radical (unpaired) electrons. The molecule has 2 heterocycles. The summed E-state index contributed by atoms with van der Waals surface area (Å²) in [6, 6.07) is 13.7. The number of rotatable bonds is 3. The second-order valence-corrected chi connectivity index (χ2v) is 6.56. The lowest BCUT2D eigenvalue weighted by Crippen LogP contribution is -2.43. The molecule has 1 unspecified atom stereocenters. The lowest BCUT2D eigenvalue weighted by atomic mass is 10.1. The second kappa shape index (κ2) is 6.29. The van der Waals surface area contributed by atoms with E-state index >= 15 is 0 Å². The van der Waals surface area contributed by atoms with E-state index in [9.17, 15) is 14.4 Å². The van der Waals surface area contributed by atoms with Crippen molar-refractivity contribution in [3.05, 3.63) is 65.2 Å². The minimum Gasteiger partial charge on any atom is -0.433 e. The van der Waals surface area contributed by atoms with Gasteiger partial charge in [0.05, 0.1) is 5.56 Å². The van der Waals surface area contributed by atoms with Gasteiger partial charge in [0.1, 0.15) is 6.04 Å². The maximum Gasteiger partial charge on any atom is 0.340 e. The minimum absolute atomic E-state index is 0.191. The molecule has 1 N–H and O–H groups in total. The summed E-state index contributed by atoms with van der Waals surface area (Å²) in [6.45, 7) is 1.97. The van der Waals surface area contributed by atoms with Crippen LogP contribution in [0.4, 0.5) is 5.69 Å². The molecule has 0 aliphatic carbocycles. The number of nitrogens with zero attached hydrogens (tertiary/aromatic N) is 1. The van der Waals surface area contributed by atoms with Gasteiger partial charge in [-0.05, 0) is 31.5 Å². The summed E-state index contributed by atoms with van der Waals surface area (Å²) >= 11 is 0. The van der Waals surface area contributed by atoms with Crippen LogP contribution in [0.15, 0.2) is 48.5 Å². The van der Waals surface area contributed by atoms with E-state index in [1.54, 1.807) is 24.3 Å². The number of carbonyl (C=O) groups is 3. The molecule has 2 amide bonds. The number of hydrogen-bond donors (Lipinski definition) is 1. The number of aryl methyl sites for hydroxylation is 1. The standard InChI is InChI=1S/C20H18N2O4/c1-12-6-8-13(9-7-12)21-18(24)16-10-11-17(23)22(16)19-14-4-2-3-5-15(14)20(25)26-19/h2-9,16,19H,10-11H2,1H3,(H,21,24)/t16-,19?/m0/s1. The number of carbonyl (C=O) groups excluding carboxylic acids is 3. The highest BCUT2D eigenvalue weighted by atomic mass is 16.6. The summed E-state index contributed by atoms with van der Waals surface area (Å²) in [4.78, 5) is 38.7. The van der Waals surface area contributed by atoms with Gasteiger partial charge in [-0.15, -0.1) is 0 Å². The van der Waals surface area contributed by atoms with E-state index in [1.807, 2.05) is 31.2 Å². The molecule has 6 nitrogen and oxygen atoms in total. The van der Waals surface area contributed by atoms with Gasteiger partial charge in [0, 0.05) is 17.7 Å². The number of hydrogen-bond acceptors (Lipinski definition) is 4. The Morgan fingerprint density at radius 1 is 1.12 bits per heavy atom. The van der Waals surface area contributed by atoms with Crippen LogP contribution in [0.5, 0.6) is 0 Å². The number of fused-ring (bicyclic) bond motifs is 1. The van der Waals surface area contributed by atoms with Gasteiger partial charge in [0.15, 0.2) is 0 Å². The molecule has 2 aliphatic heterocycles. The van der Waals surface area contributed by atoms with E-state index < -0.39 is 18.2 Å². The lowest BCUT2D eigenvalue weighted by molar-refractivity contribution is -0.144. The summed E-state index contributed by atoms with van der Waals surface area (Å²) in [5.74, 6) is -0.938. The number of amides is 2. The normalized spacial score (nSPS) is 21.5. The number of benzene rings is 2. The van der Waals surface area contributed by atoms with Crippen molar-refractivity contribution in [2.45, 2.75) is 32.0 Å². The van der Waals surface area contributed by atoms with Crippen molar-refractivity contribution in [1.29, 1.82) is 0 Å². The Hall–Kier alpha value is -3.15. The smallest absolute Gasteiger partial charge is 0.340 e. The first kappa shape index (κ1) is 16.3. The van der Waals surface area contributed by atoms with Gasteiger partial charge in [0.2, 0.25) is 18.0 Å². The first-order valence-electron chi connectivity index (χ1n) is 8.53. The molecule has 26 heavy (non-hydrogen) atoms. The molecule has 0 saturated carbocycles. The molecule has 2 aromatic rings. The fraction of sp³-hybridized carbons (Fsp3) is 0.250. The van der Waals surface area contributed by atoms with Crippen molar-refractivity contribution in [2.75, 3.05) is 5.32 Å². The molecular formula is C20H18N2O4. The molecule has 2 aliphatic rings. The molecule has 1 saturated heterocycles. The largest absolute Gasteiger partial charge is 0.433 e. The topological polar surface area (TPSA) is 75.7 Å². The molecule has 0 spiro atoms. The van der Waals surface area contributed by atoms with Crippen molar-refractivity contribution in [1.82, 2.24) is 4.90 Å². The van der Waals surface area contributed by atoms with Gasteiger partial charge in [-0.1, -0.05) is 35.9 Å². The zero-order chi connectivity index (χ0) is 18.3. The number of ether oxygens (including phenoxy) is 1. The van der Waals surface area contributed by atoms with Gasteiger partial charge in [0.25, 0.3) is 0 Å². The van der Waals surface area contributed by atoms with E-state index in [0.717, 1.165) is 5.56 Å². The van der Waals surface area contributed by atoms with Crippen LogP contribution in [-0.2, 0) is 14.3 Å². The Bertz CT molecular complexity index is 891. The van der Waals surface area contributed by atoms with Crippen molar-refractivity contribution in [3.8, 4) is 0 Å². The quantitative estimate of drug-likeness (QED) is 0.864. The first-order chi connectivity index (χ1) is 12.5. The van der Waals surface area contributed by atoms with Crippen LogP contribution in [0, 0.1) is 6.92 Å². The highest BCUT2D eigenvalue weighted by molar-refractivity contribution is 6.00. The molecule has 2 aromatic carbocycles. The summed E-state index contributed by atoms with van der Waals surface area (Å²) in [7, 11) is 0. The van der Waals surface area contributed by atoms with Crippen molar-refractivity contribution in [3.63, 3.8) is 0 Å². The van der Waals surface area contributed by atoms with E-state index in [1.165, 1.54) is 4.90 Å². The summed E-state index contributed by atoms with van der Waals surface area (Å²) in [5, 5.41) is 2.85. The van der Waals surface area contributed by atoms with Gasteiger partial charge in [-0.25, -0.2) is 4.79 Å². The average Bonchev–Trinajstić information content (AvgIpc) is 3.17. The number of esters is 1. The van der Waals surface area contributed by atoms with Crippen LogP contribution in [0.3, 0.4) is 0 Å². The van der Waals surface area contributed by atoms with Crippen molar-refractivity contribution in [2.24, 2.45) is 0 Å². The third-order valence-electron chi connectivity index (χ3n) is 4.80. The first-order valence-corrected chi connectivity index (χ1v) is 8.53. The third-order valence-corrected chi connectivity index (χ3v) is 4.80. The Labute approximate surface area is 150 Å². The Balaban J connectivity index is 1.59. The highest BCUT2D eigenvalue weighted by Crippen LogP contribution is 2.38. The van der Waals surface area contributed by atoms with Crippen LogP contribution < -0.4 is 5.32 Å². The summed E-state index contributed by atoms with van der Waals surface area (Å²) < 4.78 is 5.42. The van der Waals surface area contributed by atoms with E-state index in [2.05, 4.69) is 5.32 Å². The predicted molar refractivity (Wildman–Crippen MR) is 94.3 cm³/mol. The van der Waals surface area contributed by atoms with Crippen molar-refractivity contribution >= 4 is 23.5 Å². The second-order valence-electron chi connectivity index (χ2n) is 6.56. The third kappa shape index (κ3) is 2.73. The van der Waals surface area contributed by atoms with Crippen LogP contribution in [-0.4, -0.2) is 28.7 Å². The van der Waals surface area contributed by atoms with Crippen LogP contribution in [0.25, 0.3) is 0 Å². The molecule has 0 aromatic heterocycles. The number of anilines is 1. The van der Waals surface area contributed by atoms with E-state index in [4.69, 9.17) is 4.74 Å². The maximum absolute atomic E-state index is 12.8. The number of likely N-dealkylation sites (tertiary alicyclic amines) is 1. The van der Waals surface area contributed by atoms with Crippen LogP contribution in [0.2, 0.25) is 0 Å². The molecular weight excluding hydrogens is 332 g/mol. The number of nitrogens with one attached hydrogen (secondary N) is 1. The fourth-order valence-electron chi connectivity index (χ4n) is 3.45. The van der Waals surface area contributed by atoms with Crippen LogP contribution in [0.1, 0.15) is 40.6 Å². The van der Waals surface area contributed by atoms with E-state index in [-0.39, 0.29) is 18.2 Å². The van der Waals surface area contributed by atoms with Gasteiger partial charge < -0.3 is 10.1 Å². The Morgan fingerprint density at radius 3 is 2.62 bits per heavy atom. The van der Waals surface area contributed by atoms with Crippen LogP contribution >= 0.6 is 0 Å². The predicted octanol–water partition coefficient (Wildman–Crippen LogP) is 2.79. The monoisotopic (exact) mass is 350 g/mol. The number of cyclic esters (lactones) is 1. The van der Waals surface area contributed by atoms with E-state index in [0.29, 0.717) is 23.2 Å². The summed E-state index contributed by atoms with van der Waals surface area (Å²) in [6.07, 6.45) is -0.197. The highest BCUT2D eigenvalue weighted by Gasteiger charge is 2.46. The molecule has 2 atom stereocenters. The molecule has 132 valence electrons.